The Labute approximate surface area is 119 Å². The smallest absolute Gasteiger partial charge is 0.328 e. The summed E-state index contributed by atoms with van der Waals surface area (Å²) in [6.45, 7) is 5.10. The summed E-state index contributed by atoms with van der Waals surface area (Å²) in [5.74, 6) is -0.880. The Bertz CT molecular complexity index is 637. The van der Waals surface area contributed by atoms with Crippen LogP contribution in [-0.4, -0.2) is 15.6 Å². The van der Waals surface area contributed by atoms with Crippen LogP contribution in [0, 0.1) is 0 Å². The minimum Gasteiger partial charge on any atom is -0.478 e. The number of unbranched alkanes of at least 4 members (excludes halogenated alkanes) is 1. The van der Waals surface area contributed by atoms with Gasteiger partial charge in [0.25, 0.3) is 0 Å². The molecule has 106 valence electrons. The van der Waals surface area contributed by atoms with Crippen LogP contribution < -0.4 is 0 Å². The first-order valence-corrected chi connectivity index (χ1v) is 7.08. The zero-order chi connectivity index (χ0) is 14.5. The van der Waals surface area contributed by atoms with E-state index >= 15 is 0 Å². The summed E-state index contributed by atoms with van der Waals surface area (Å²) in [5, 5.41) is 9.96. The van der Waals surface area contributed by atoms with E-state index in [9.17, 15) is 4.79 Å². The van der Waals surface area contributed by atoms with Crippen molar-refractivity contribution in [2.24, 2.45) is 0 Å². The summed E-state index contributed by atoms with van der Waals surface area (Å²) < 4.78 is 2.28. The molecule has 0 atom stereocenters. The molecule has 1 N–H and O–H groups in total. The summed E-state index contributed by atoms with van der Waals surface area (Å²) in [6.07, 6.45) is 6.46. The number of fused-ring (bicyclic) bond motifs is 1. The van der Waals surface area contributed by atoms with Crippen molar-refractivity contribution in [2.75, 3.05) is 0 Å². The first-order valence-electron chi connectivity index (χ1n) is 7.08. The van der Waals surface area contributed by atoms with Crippen molar-refractivity contribution in [3.05, 3.63) is 47.7 Å². The van der Waals surface area contributed by atoms with Crippen molar-refractivity contribution in [3.8, 4) is 0 Å². The molecule has 1 aromatic heterocycles. The average Bonchev–Trinajstić information content (AvgIpc) is 2.77. The zero-order valence-corrected chi connectivity index (χ0v) is 12.1. The second-order valence-electron chi connectivity index (χ2n) is 5.26. The Balaban J connectivity index is 2.20. The van der Waals surface area contributed by atoms with E-state index in [4.69, 9.17) is 5.11 Å². The maximum atomic E-state index is 10.6. The van der Waals surface area contributed by atoms with Crippen LogP contribution in [-0.2, 0) is 17.8 Å². The van der Waals surface area contributed by atoms with Gasteiger partial charge < -0.3 is 9.67 Å². The lowest BCUT2D eigenvalue weighted by atomic mass is 10.0. The third-order valence-electron chi connectivity index (χ3n) is 3.44. The standard InChI is InChI=1S/C17H21NO2/c1-3-4-8-18-9-7-15-12-14(5-6-16(15)18)10-13(2)11-17(19)20/h5-7,9,11-12H,3-4,8,10H2,1-2H3,(H,19,20). The van der Waals surface area contributed by atoms with Crippen LogP contribution in [0.4, 0.5) is 0 Å². The second-order valence-corrected chi connectivity index (χ2v) is 5.26. The minimum atomic E-state index is -0.880. The Morgan fingerprint density at radius 2 is 2.15 bits per heavy atom. The highest BCUT2D eigenvalue weighted by molar-refractivity contribution is 5.82. The number of aliphatic carboxylic acids is 1. The van der Waals surface area contributed by atoms with Crippen molar-refractivity contribution >= 4 is 16.9 Å². The van der Waals surface area contributed by atoms with Crippen molar-refractivity contribution in [2.45, 2.75) is 39.7 Å². The Morgan fingerprint density at radius 1 is 1.35 bits per heavy atom. The van der Waals surface area contributed by atoms with E-state index in [0.29, 0.717) is 6.42 Å². The van der Waals surface area contributed by atoms with Crippen LogP contribution in [0.5, 0.6) is 0 Å². The normalized spacial score (nSPS) is 12.0. The average molecular weight is 271 g/mol. The summed E-state index contributed by atoms with van der Waals surface area (Å²) >= 11 is 0. The quantitative estimate of drug-likeness (QED) is 0.806. The fourth-order valence-electron chi connectivity index (χ4n) is 2.47. The Kier molecular flexibility index (Phi) is 4.61. The number of aryl methyl sites for hydroxylation is 1. The fraction of sp³-hybridized carbons (Fsp3) is 0.353. The summed E-state index contributed by atoms with van der Waals surface area (Å²) in [4.78, 5) is 10.6. The van der Waals surface area contributed by atoms with Crippen LogP contribution in [0.15, 0.2) is 42.1 Å². The van der Waals surface area contributed by atoms with Gasteiger partial charge in [0, 0.05) is 24.3 Å². The van der Waals surface area contributed by atoms with Gasteiger partial charge in [-0.1, -0.05) is 25.0 Å². The molecule has 0 aliphatic heterocycles. The third-order valence-corrected chi connectivity index (χ3v) is 3.44. The molecule has 0 aliphatic rings. The van der Waals surface area contributed by atoms with Gasteiger partial charge in [-0.15, -0.1) is 0 Å². The first-order chi connectivity index (χ1) is 9.60. The molecule has 0 amide bonds. The van der Waals surface area contributed by atoms with Crippen molar-refractivity contribution in [3.63, 3.8) is 0 Å². The number of hydrogen-bond acceptors (Lipinski definition) is 1. The lowest BCUT2D eigenvalue weighted by Crippen LogP contribution is -1.96. The lowest BCUT2D eigenvalue weighted by molar-refractivity contribution is -0.131. The molecule has 0 unspecified atom stereocenters. The van der Waals surface area contributed by atoms with Gasteiger partial charge in [-0.2, -0.15) is 0 Å². The lowest BCUT2D eigenvalue weighted by Gasteiger charge is -2.06. The molecule has 1 heterocycles. The van der Waals surface area contributed by atoms with E-state index in [0.717, 1.165) is 17.7 Å². The molecule has 2 rings (SSSR count). The summed E-state index contributed by atoms with van der Waals surface area (Å²) in [5.41, 5.74) is 3.27. The summed E-state index contributed by atoms with van der Waals surface area (Å²) in [6, 6.07) is 8.50. The topological polar surface area (TPSA) is 42.2 Å². The van der Waals surface area contributed by atoms with Crippen LogP contribution in [0.3, 0.4) is 0 Å². The van der Waals surface area contributed by atoms with Gasteiger partial charge in [0.1, 0.15) is 0 Å². The highest BCUT2D eigenvalue weighted by Crippen LogP contribution is 2.20. The van der Waals surface area contributed by atoms with Crippen molar-refractivity contribution in [1.82, 2.24) is 4.57 Å². The molecule has 1 aromatic carbocycles. The van der Waals surface area contributed by atoms with Gasteiger partial charge in [0.15, 0.2) is 0 Å². The number of carboxylic acid groups (broad SMARTS) is 1. The predicted octanol–water partition coefficient (Wildman–Crippen LogP) is 4.01. The number of hydrogen-bond donors (Lipinski definition) is 1. The van der Waals surface area contributed by atoms with Gasteiger partial charge in [0.2, 0.25) is 0 Å². The SMILES string of the molecule is CCCCn1ccc2cc(CC(C)=CC(=O)O)ccc21. The molecule has 0 radical (unpaired) electrons. The van der Waals surface area contributed by atoms with E-state index in [1.54, 1.807) is 0 Å². The molecule has 3 nitrogen and oxygen atoms in total. The molecule has 20 heavy (non-hydrogen) atoms. The maximum Gasteiger partial charge on any atom is 0.328 e. The van der Waals surface area contributed by atoms with Gasteiger partial charge >= 0.3 is 5.97 Å². The number of carbonyl (C=O) groups is 1. The Morgan fingerprint density at radius 3 is 2.85 bits per heavy atom. The highest BCUT2D eigenvalue weighted by atomic mass is 16.4. The van der Waals surface area contributed by atoms with E-state index in [-0.39, 0.29) is 0 Å². The molecule has 2 aromatic rings. The largest absolute Gasteiger partial charge is 0.478 e. The fourth-order valence-corrected chi connectivity index (χ4v) is 2.47. The zero-order valence-electron chi connectivity index (χ0n) is 12.1. The number of nitrogens with zero attached hydrogens (tertiary/aromatic N) is 1. The predicted molar refractivity (Wildman–Crippen MR) is 81.9 cm³/mol. The van der Waals surface area contributed by atoms with Crippen LogP contribution in [0.2, 0.25) is 0 Å². The van der Waals surface area contributed by atoms with E-state index < -0.39 is 5.97 Å². The van der Waals surface area contributed by atoms with Gasteiger partial charge in [-0.05, 0) is 48.9 Å². The third kappa shape index (κ3) is 3.50. The molecule has 0 fully saturated rings. The minimum absolute atomic E-state index is 0.683. The number of rotatable bonds is 6. The molecular formula is C17H21NO2. The van der Waals surface area contributed by atoms with Gasteiger partial charge in [-0.25, -0.2) is 4.79 Å². The maximum absolute atomic E-state index is 10.6. The molecular weight excluding hydrogens is 250 g/mol. The molecule has 3 heteroatoms. The van der Waals surface area contributed by atoms with Gasteiger partial charge in [0.05, 0.1) is 0 Å². The molecule has 0 bridgehead atoms. The monoisotopic (exact) mass is 271 g/mol. The van der Waals surface area contributed by atoms with E-state index in [1.165, 1.54) is 29.8 Å². The van der Waals surface area contributed by atoms with Gasteiger partial charge in [-0.3, -0.25) is 0 Å². The van der Waals surface area contributed by atoms with E-state index in [2.05, 4.69) is 42.0 Å². The number of allylic oxidation sites excluding steroid dienone is 1. The van der Waals surface area contributed by atoms with Crippen LogP contribution in [0.1, 0.15) is 32.3 Å². The number of aromatic nitrogens is 1. The number of carboxylic acids is 1. The highest BCUT2D eigenvalue weighted by Gasteiger charge is 2.03. The van der Waals surface area contributed by atoms with Crippen LogP contribution >= 0.6 is 0 Å². The Hall–Kier alpha value is -2.03. The second kappa shape index (κ2) is 6.42. The van der Waals surface area contributed by atoms with Crippen LogP contribution in [0.25, 0.3) is 10.9 Å². The molecule has 0 saturated carbocycles. The van der Waals surface area contributed by atoms with E-state index in [1.807, 2.05) is 6.92 Å². The molecule has 0 spiro atoms. The molecule has 0 aliphatic carbocycles. The van der Waals surface area contributed by atoms with Crippen molar-refractivity contribution in [1.29, 1.82) is 0 Å². The van der Waals surface area contributed by atoms with Crippen molar-refractivity contribution < 1.29 is 9.90 Å². The summed E-state index contributed by atoms with van der Waals surface area (Å²) in [7, 11) is 0. The first kappa shape index (κ1) is 14.4. The molecule has 0 saturated heterocycles. The number of benzene rings is 1.